The van der Waals surface area contributed by atoms with E-state index in [9.17, 15) is 13.2 Å². The van der Waals surface area contributed by atoms with Crippen LogP contribution in [0.4, 0.5) is 0 Å². The number of nitrogens with zero attached hydrogens (tertiary/aromatic N) is 2. The van der Waals surface area contributed by atoms with Crippen molar-refractivity contribution in [2.75, 3.05) is 11.5 Å². The van der Waals surface area contributed by atoms with E-state index in [1.54, 1.807) is 22.3 Å². The number of carbonyl (C=O) groups excluding carboxylic acids is 1. The van der Waals surface area contributed by atoms with Crippen molar-refractivity contribution in [3.05, 3.63) is 63.5 Å². The van der Waals surface area contributed by atoms with Crippen molar-refractivity contribution in [2.24, 2.45) is 0 Å². The maximum atomic E-state index is 13.4. The normalized spacial score (nSPS) is 19.8. The molecule has 31 heavy (non-hydrogen) atoms. The van der Waals surface area contributed by atoms with Gasteiger partial charge in [0.15, 0.2) is 21.3 Å². The predicted octanol–water partition coefficient (Wildman–Crippen LogP) is 4.11. The molecule has 6 nitrogen and oxygen atoms in total. The van der Waals surface area contributed by atoms with Gasteiger partial charge < -0.3 is 9.42 Å². The van der Waals surface area contributed by atoms with Crippen molar-refractivity contribution in [1.29, 1.82) is 0 Å². The molecule has 8 heteroatoms. The quantitative estimate of drug-likeness (QED) is 0.577. The van der Waals surface area contributed by atoms with Crippen molar-refractivity contribution in [3.63, 3.8) is 0 Å². The van der Waals surface area contributed by atoms with Crippen molar-refractivity contribution >= 4 is 27.1 Å². The molecule has 0 radical (unpaired) electrons. The van der Waals surface area contributed by atoms with Gasteiger partial charge in [0, 0.05) is 22.5 Å². The Labute approximate surface area is 185 Å². The van der Waals surface area contributed by atoms with Gasteiger partial charge >= 0.3 is 0 Å². The lowest BCUT2D eigenvalue weighted by atomic mass is 9.90. The van der Waals surface area contributed by atoms with Gasteiger partial charge in [-0.25, -0.2) is 8.42 Å². The second-order valence-corrected chi connectivity index (χ2v) is 11.6. The average molecular weight is 457 g/mol. The fourth-order valence-corrected chi connectivity index (χ4v) is 6.94. The summed E-state index contributed by atoms with van der Waals surface area (Å²) in [6, 6.07) is 11.5. The first kappa shape index (κ1) is 20.5. The Hall–Kier alpha value is -2.45. The molecule has 1 atom stereocenters. The Morgan fingerprint density at radius 3 is 2.74 bits per heavy atom. The minimum atomic E-state index is -3.12. The van der Waals surface area contributed by atoms with Crippen molar-refractivity contribution in [2.45, 2.75) is 44.7 Å². The number of benzene rings is 1. The zero-order valence-corrected chi connectivity index (χ0v) is 18.8. The summed E-state index contributed by atoms with van der Waals surface area (Å²) in [5, 5.41) is 6.00. The third kappa shape index (κ3) is 4.32. The fourth-order valence-electron chi connectivity index (χ4n) is 4.50. The van der Waals surface area contributed by atoms with Gasteiger partial charge in [-0.3, -0.25) is 4.79 Å². The Bertz CT molecular complexity index is 1200. The highest BCUT2D eigenvalue weighted by Crippen LogP contribution is 2.29. The van der Waals surface area contributed by atoms with Crippen molar-refractivity contribution < 1.29 is 17.7 Å². The van der Waals surface area contributed by atoms with E-state index < -0.39 is 9.84 Å². The van der Waals surface area contributed by atoms with Crippen LogP contribution in [0.3, 0.4) is 0 Å². The fraction of sp³-hybridized carbons (Fsp3) is 0.391. The van der Waals surface area contributed by atoms with Crippen LogP contribution in [0.25, 0.3) is 11.3 Å². The van der Waals surface area contributed by atoms with Crippen LogP contribution in [0, 0.1) is 0 Å². The molecule has 0 spiro atoms. The average Bonchev–Trinajstić information content (AvgIpc) is 3.52. The smallest absolute Gasteiger partial charge is 0.276 e. The van der Waals surface area contributed by atoms with Crippen LogP contribution in [0.1, 0.15) is 45.8 Å². The van der Waals surface area contributed by atoms with Gasteiger partial charge in [-0.05, 0) is 60.7 Å². The third-order valence-electron chi connectivity index (χ3n) is 6.18. The van der Waals surface area contributed by atoms with E-state index in [0.29, 0.717) is 18.7 Å². The summed E-state index contributed by atoms with van der Waals surface area (Å²) in [5.41, 5.74) is 3.85. The molecule has 2 aliphatic rings. The van der Waals surface area contributed by atoms with Gasteiger partial charge in [0.1, 0.15) is 0 Å². The van der Waals surface area contributed by atoms with Crippen LogP contribution in [0.2, 0.25) is 0 Å². The molecule has 1 fully saturated rings. The van der Waals surface area contributed by atoms with Crippen molar-refractivity contribution in [1.82, 2.24) is 10.1 Å². The maximum Gasteiger partial charge on any atom is 0.276 e. The van der Waals surface area contributed by atoms with E-state index in [-0.39, 0.29) is 29.1 Å². The van der Waals surface area contributed by atoms with Gasteiger partial charge in [0.2, 0.25) is 0 Å². The van der Waals surface area contributed by atoms with Crippen LogP contribution in [-0.4, -0.2) is 41.9 Å². The molecule has 1 aliphatic carbocycles. The summed E-state index contributed by atoms with van der Waals surface area (Å²) in [6.45, 7) is 0.373. The van der Waals surface area contributed by atoms with E-state index in [1.807, 2.05) is 23.6 Å². The lowest BCUT2D eigenvalue weighted by molar-refractivity contribution is 0.0672. The predicted molar refractivity (Wildman–Crippen MR) is 120 cm³/mol. The topological polar surface area (TPSA) is 80.5 Å². The lowest BCUT2D eigenvalue weighted by Crippen LogP contribution is -2.40. The van der Waals surface area contributed by atoms with Gasteiger partial charge in [0.05, 0.1) is 18.1 Å². The summed E-state index contributed by atoms with van der Waals surface area (Å²) < 4.78 is 29.6. The van der Waals surface area contributed by atoms with E-state index >= 15 is 0 Å². The summed E-state index contributed by atoms with van der Waals surface area (Å²) >= 11 is 1.55. The number of carbonyl (C=O) groups is 1. The molecule has 3 heterocycles. The summed E-state index contributed by atoms with van der Waals surface area (Å²) in [6.07, 6.45) is 5.05. The number of rotatable bonds is 5. The van der Waals surface area contributed by atoms with Gasteiger partial charge in [-0.2, -0.15) is 0 Å². The Morgan fingerprint density at radius 2 is 2.00 bits per heavy atom. The molecule has 5 rings (SSSR count). The zero-order valence-electron chi connectivity index (χ0n) is 17.1. The largest absolute Gasteiger partial charge is 0.355 e. The van der Waals surface area contributed by atoms with Crippen LogP contribution in [-0.2, 0) is 29.2 Å². The number of aromatic nitrogens is 1. The number of thiophene rings is 1. The number of sulfone groups is 1. The molecule has 1 amide bonds. The minimum Gasteiger partial charge on any atom is -0.355 e. The summed E-state index contributed by atoms with van der Waals surface area (Å²) in [4.78, 5) is 16.0. The number of fused-ring (bicyclic) bond motifs is 1. The van der Waals surface area contributed by atoms with Crippen molar-refractivity contribution in [3.8, 4) is 11.3 Å². The Kier molecular flexibility index (Phi) is 5.44. The van der Waals surface area contributed by atoms with E-state index in [2.05, 4.69) is 17.3 Å². The molecular formula is C23H24N2O4S2. The maximum absolute atomic E-state index is 13.4. The number of hydrogen-bond acceptors (Lipinski definition) is 6. The van der Waals surface area contributed by atoms with Gasteiger partial charge in [0.25, 0.3) is 5.91 Å². The molecule has 1 saturated heterocycles. The molecule has 0 saturated carbocycles. The molecular weight excluding hydrogens is 432 g/mol. The number of amides is 1. The molecule has 162 valence electrons. The van der Waals surface area contributed by atoms with Crippen LogP contribution >= 0.6 is 11.3 Å². The van der Waals surface area contributed by atoms with Gasteiger partial charge in [-0.15, -0.1) is 11.3 Å². The molecule has 0 N–H and O–H groups in total. The minimum absolute atomic E-state index is 0.000351. The Morgan fingerprint density at radius 1 is 1.16 bits per heavy atom. The third-order valence-corrected chi connectivity index (χ3v) is 8.79. The monoisotopic (exact) mass is 456 g/mol. The lowest BCUT2D eigenvalue weighted by Gasteiger charge is -2.27. The number of aryl methyl sites for hydroxylation is 2. The van der Waals surface area contributed by atoms with Gasteiger partial charge in [-0.1, -0.05) is 23.4 Å². The van der Waals surface area contributed by atoms with E-state index in [4.69, 9.17) is 4.52 Å². The summed E-state index contributed by atoms with van der Waals surface area (Å²) in [7, 11) is -3.12. The number of hydrogen-bond donors (Lipinski definition) is 0. The van der Waals surface area contributed by atoms with E-state index in [1.165, 1.54) is 24.0 Å². The first-order chi connectivity index (χ1) is 15.0. The highest BCUT2D eigenvalue weighted by molar-refractivity contribution is 7.91. The molecule has 1 aromatic carbocycles. The molecule has 0 bridgehead atoms. The van der Waals surface area contributed by atoms with Crippen LogP contribution in [0.15, 0.2) is 46.3 Å². The molecule has 1 aliphatic heterocycles. The second-order valence-electron chi connectivity index (χ2n) is 8.34. The first-order valence-corrected chi connectivity index (χ1v) is 13.3. The highest BCUT2D eigenvalue weighted by atomic mass is 32.2. The Balaban J connectivity index is 1.41. The molecule has 0 unspecified atom stereocenters. The molecule has 2 aromatic heterocycles. The molecule has 3 aromatic rings. The second kappa shape index (κ2) is 8.24. The SMILES string of the molecule is O=C(c1cc(-c2ccc3c(c2)CCCC3)on1)N(Cc1cccs1)[C@@H]1CCS(=O)(=O)C1. The summed E-state index contributed by atoms with van der Waals surface area (Å²) in [5.74, 6) is 0.389. The van der Waals surface area contributed by atoms with E-state index in [0.717, 1.165) is 23.3 Å². The van der Waals surface area contributed by atoms with Crippen LogP contribution < -0.4 is 0 Å². The highest BCUT2D eigenvalue weighted by Gasteiger charge is 2.36. The van der Waals surface area contributed by atoms with Crippen LogP contribution in [0.5, 0.6) is 0 Å². The standard InChI is InChI=1S/C23H24N2O4S2/c26-23(25(14-20-6-3-10-30-20)19-9-11-31(27,28)15-19)21-13-22(29-24-21)18-8-7-16-4-1-2-5-17(16)12-18/h3,6-8,10,12-13,19H,1-2,4-5,9,11,14-15H2/t19-/m1/s1. The zero-order chi connectivity index (χ0) is 21.4. The first-order valence-electron chi connectivity index (χ1n) is 10.6.